The molecule has 2 aliphatic heterocycles. The summed E-state index contributed by atoms with van der Waals surface area (Å²) in [5.41, 5.74) is 0.912. The fraction of sp³-hybridized carbons (Fsp3) is 0.400. The number of fused-ring (bicyclic) bond motifs is 1. The Hall–Kier alpha value is -2.10. The van der Waals surface area contributed by atoms with E-state index in [-0.39, 0.29) is 10.8 Å². The summed E-state index contributed by atoms with van der Waals surface area (Å²) >= 11 is 9.10. The highest BCUT2D eigenvalue weighted by atomic mass is 35.5. The Balaban J connectivity index is 1.39. The summed E-state index contributed by atoms with van der Waals surface area (Å²) < 4.78 is 7.01. The number of nitrogens with zero attached hydrogens (tertiary/aromatic N) is 3. The van der Waals surface area contributed by atoms with Crippen molar-refractivity contribution in [1.29, 1.82) is 0 Å². The van der Waals surface area contributed by atoms with Crippen molar-refractivity contribution in [2.75, 3.05) is 12.4 Å². The van der Waals surface area contributed by atoms with Crippen molar-refractivity contribution in [2.45, 2.75) is 37.2 Å². The lowest BCUT2D eigenvalue weighted by Crippen LogP contribution is -2.46. The van der Waals surface area contributed by atoms with Crippen LogP contribution in [-0.2, 0) is 25.7 Å². The van der Waals surface area contributed by atoms with Crippen LogP contribution in [0.5, 0.6) is 0 Å². The van der Waals surface area contributed by atoms with Gasteiger partial charge >= 0.3 is 5.97 Å². The summed E-state index contributed by atoms with van der Waals surface area (Å²) in [5, 5.41) is 2.46. The zero-order valence-corrected chi connectivity index (χ0v) is 18.6. The molecule has 4 rings (SSSR count). The first-order valence-corrected chi connectivity index (χ1v) is 11.7. The number of carbonyl (C=O) groups excluding carboxylic acids is 3. The van der Waals surface area contributed by atoms with E-state index in [0.717, 1.165) is 12.0 Å². The third-order valence-electron chi connectivity index (χ3n) is 5.23. The Bertz CT molecular complexity index is 1070. The molecule has 2 aliphatic rings. The molecule has 0 saturated carbocycles. The third-order valence-corrected chi connectivity index (χ3v) is 7.90. The number of hydrogen-bond acceptors (Lipinski definition) is 6. The van der Waals surface area contributed by atoms with Crippen LogP contribution >= 0.6 is 34.7 Å². The molecule has 10 heteroatoms. The number of esters is 1. The topological polar surface area (TPSA) is 81.0 Å². The first-order chi connectivity index (χ1) is 14.4. The largest absolute Gasteiger partial charge is 0.454 e. The smallest absolute Gasteiger partial charge is 0.330 e. The van der Waals surface area contributed by atoms with Gasteiger partial charge in [0.1, 0.15) is 6.04 Å². The van der Waals surface area contributed by atoms with E-state index < -0.39 is 24.5 Å². The number of ether oxygens (including phenoxy) is 1. The molecular weight excluding hydrogens is 446 g/mol. The SMILES string of the molecule is C[C@@]12CCC(=O)N1[C@H](C(=O)OCC(=O)N=c1sccn1Cc1ccccc1Cl)CS2. The number of rotatable bonds is 5. The van der Waals surface area contributed by atoms with Crippen LogP contribution in [0.4, 0.5) is 0 Å². The second-order valence-electron chi connectivity index (χ2n) is 7.28. The molecule has 0 unspecified atom stereocenters. The van der Waals surface area contributed by atoms with E-state index in [4.69, 9.17) is 16.3 Å². The Morgan fingerprint density at radius 1 is 1.37 bits per heavy atom. The first kappa shape index (κ1) is 21.1. The van der Waals surface area contributed by atoms with Gasteiger partial charge in [0.05, 0.1) is 11.4 Å². The van der Waals surface area contributed by atoms with Gasteiger partial charge in [-0.15, -0.1) is 23.1 Å². The van der Waals surface area contributed by atoms with Gasteiger partial charge in [0.25, 0.3) is 5.91 Å². The molecular formula is C20H20ClN3O4S2. The molecule has 0 aliphatic carbocycles. The predicted octanol–water partition coefficient (Wildman–Crippen LogP) is 2.68. The number of halogens is 1. The van der Waals surface area contributed by atoms with Crippen LogP contribution in [0.3, 0.4) is 0 Å². The van der Waals surface area contributed by atoms with Crippen molar-refractivity contribution in [3.8, 4) is 0 Å². The van der Waals surface area contributed by atoms with E-state index in [1.807, 2.05) is 47.3 Å². The average molecular weight is 466 g/mol. The molecule has 7 nitrogen and oxygen atoms in total. The standard InChI is InChI=1S/C20H20ClN3O4S2/c1-20-7-6-17(26)24(20)15(12-30-20)18(27)28-11-16(25)22-19-23(8-9-29-19)10-13-4-2-3-5-14(13)21/h2-5,8-9,15H,6-7,10-12H2,1H3/t15-,20+/m0/s1. The molecule has 158 valence electrons. The van der Waals surface area contributed by atoms with Gasteiger partial charge in [-0.05, 0) is 25.0 Å². The minimum atomic E-state index is -0.644. The van der Waals surface area contributed by atoms with Gasteiger partial charge in [-0.1, -0.05) is 29.8 Å². The molecule has 2 amide bonds. The van der Waals surface area contributed by atoms with Crippen LogP contribution < -0.4 is 4.80 Å². The van der Waals surface area contributed by atoms with Crippen LogP contribution in [0.15, 0.2) is 40.8 Å². The molecule has 2 atom stereocenters. The predicted molar refractivity (Wildman–Crippen MR) is 115 cm³/mol. The van der Waals surface area contributed by atoms with Crippen LogP contribution in [0.1, 0.15) is 25.3 Å². The number of benzene rings is 1. The second kappa shape index (κ2) is 8.56. The summed E-state index contributed by atoms with van der Waals surface area (Å²) in [4.78, 5) is 42.8. The fourth-order valence-electron chi connectivity index (χ4n) is 3.68. The maximum Gasteiger partial charge on any atom is 0.330 e. The molecule has 0 N–H and O–H groups in total. The summed E-state index contributed by atoms with van der Waals surface area (Å²) in [6.07, 6.45) is 2.98. The van der Waals surface area contributed by atoms with Gasteiger partial charge in [-0.25, -0.2) is 4.79 Å². The highest BCUT2D eigenvalue weighted by Crippen LogP contribution is 2.47. The molecule has 0 spiro atoms. The lowest BCUT2D eigenvalue weighted by molar-refractivity contribution is -0.155. The average Bonchev–Trinajstić information content (AvgIpc) is 3.38. The maximum atomic E-state index is 12.5. The minimum absolute atomic E-state index is 0.0420. The first-order valence-electron chi connectivity index (χ1n) is 9.45. The third kappa shape index (κ3) is 4.19. The van der Waals surface area contributed by atoms with E-state index in [1.54, 1.807) is 16.7 Å². The zero-order valence-electron chi connectivity index (χ0n) is 16.2. The van der Waals surface area contributed by atoms with Crippen molar-refractivity contribution in [3.05, 3.63) is 51.2 Å². The quantitative estimate of drug-likeness (QED) is 0.634. The minimum Gasteiger partial charge on any atom is -0.454 e. The lowest BCUT2D eigenvalue weighted by atomic mass is 10.2. The lowest BCUT2D eigenvalue weighted by Gasteiger charge is -2.29. The Morgan fingerprint density at radius 3 is 2.97 bits per heavy atom. The Kier molecular flexibility index (Phi) is 6.04. The van der Waals surface area contributed by atoms with Crippen molar-refractivity contribution in [2.24, 2.45) is 4.99 Å². The van der Waals surface area contributed by atoms with E-state index in [9.17, 15) is 14.4 Å². The van der Waals surface area contributed by atoms with Crippen LogP contribution in [0, 0.1) is 0 Å². The van der Waals surface area contributed by atoms with Gasteiger partial charge in [-0.2, -0.15) is 4.99 Å². The zero-order chi connectivity index (χ0) is 21.3. The maximum absolute atomic E-state index is 12.5. The van der Waals surface area contributed by atoms with E-state index in [0.29, 0.717) is 28.5 Å². The highest BCUT2D eigenvalue weighted by molar-refractivity contribution is 8.01. The second-order valence-corrected chi connectivity index (χ2v) is 10.1. The van der Waals surface area contributed by atoms with Crippen molar-refractivity contribution in [1.82, 2.24) is 9.47 Å². The fourth-order valence-corrected chi connectivity index (χ4v) is 6.04. The van der Waals surface area contributed by atoms with Gasteiger partial charge in [0.15, 0.2) is 11.4 Å². The molecule has 3 heterocycles. The van der Waals surface area contributed by atoms with Crippen molar-refractivity contribution >= 4 is 52.5 Å². The van der Waals surface area contributed by atoms with Gasteiger partial charge in [0.2, 0.25) is 5.91 Å². The Morgan fingerprint density at radius 2 is 2.17 bits per heavy atom. The molecule has 2 fully saturated rings. The number of hydrogen-bond donors (Lipinski definition) is 0. The van der Waals surface area contributed by atoms with Gasteiger partial charge < -0.3 is 14.2 Å². The number of thiazole rings is 1. The molecule has 30 heavy (non-hydrogen) atoms. The molecule has 1 aromatic carbocycles. The summed E-state index contributed by atoms with van der Waals surface area (Å²) in [6.45, 7) is 1.98. The van der Waals surface area contributed by atoms with Crippen molar-refractivity contribution < 1.29 is 19.1 Å². The van der Waals surface area contributed by atoms with Crippen LogP contribution in [0.25, 0.3) is 0 Å². The Labute approximate surface area is 186 Å². The van der Waals surface area contributed by atoms with Gasteiger partial charge in [-0.3, -0.25) is 9.59 Å². The summed E-state index contributed by atoms with van der Waals surface area (Å²) in [7, 11) is 0. The molecule has 0 radical (unpaired) electrons. The van der Waals surface area contributed by atoms with Gasteiger partial charge in [0, 0.05) is 28.8 Å². The molecule has 1 aromatic heterocycles. The molecule has 2 saturated heterocycles. The van der Waals surface area contributed by atoms with E-state index >= 15 is 0 Å². The van der Waals surface area contributed by atoms with E-state index in [2.05, 4.69) is 4.99 Å². The summed E-state index contributed by atoms with van der Waals surface area (Å²) in [6, 6.07) is 6.83. The number of thioether (sulfide) groups is 1. The van der Waals surface area contributed by atoms with Crippen LogP contribution in [0.2, 0.25) is 5.02 Å². The molecule has 2 aromatic rings. The highest BCUT2D eigenvalue weighted by Gasteiger charge is 2.53. The number of carbonyl (C=O) groups is 3. The monoisotopic (exact) mass is 465 g/mol. The van der Waals surface area contributed by atoms with Crippen LogP contribution in [-0.4, -0.2) is 50.5 Å². The van der Waals surface area contributed by atoms with E-state index in [1.165, 1.54) is 11.3 Å². The number of amides is 2. The molecule has 0 bridgehead atoms. The van der Waals surface area contributed by atoms with Crippen molar-refractivity contribution in [3.63, 3.8) is 0 Å². The normalized spacial score (nSPS) is 23.7. The number of aromatic nitrogens is 1. The summed E-state index contributed by atoms with van der Waals surface area (Å²) in [5.74, 6) is -0.672.